The van der Waals surface area contributed by atoms with Crippen molar-refractivity contribution in [2.24, 2.45) is 0 Å². The maximum Gasteiger partial charge on any atom is 0.270 e. The average Bonchev–Trinajstić information content (AvgIpc) is 2.68. The summed E-state index contributed by atoms with van der Waals surface area (Å²) in [6.45, 7) is 1.82. The van der Waals surface area contributed by atoms with Crippen LogP contribution in [0.5, 0.6) is 0 Å². The Morgan fingerprint density at radius 1 is 1.53 bits per heavy atom. The summed E-state index contributed by atoms with van der Waals surface area (Å²) in [5, 5.41) is 5.27. The molecule has 0 aliphatic heterocycles. The first kappa shape index (κ1) is 12.4. The molecule has 0 radical (unpaired) electrons. The topological polar surface area (TPSA) is 42.0 Å². The predicted molar refractivity (Wildman–Crippen MR) is 61.5 cm³/mol. The van der Waals surface area contributed by atoms with Crippen LogP contribution in [0.4, 0.5) is 8.78 Å². The normalized spacial score (nSPS) is 20.2. The van der Waals surface area contributed by atoms with Crippen LogP contribution in [0.3, 0.4) is 0 Å². The lowest BCUT2D eigenvalue weighted by atomic mass is 9.92. The Morgan fingerprint density at radius 3 is 2.71 bits per heavy atom. The van der Waals surface area contributed by atoms with Crippen LogP contribution in [0.2, 0.25) is 0 Å². The number of carbonyl (C=O) groups is 1. The lowest BCUT2D eigenvalue weighted by Crippen LogP contribution is -2.40. The number of nitrogens with zero attached hydrogens (tertiary/aromatic N) is 1. The molecule has 1 saturated carbocycles. The van der Waals surface area contributed by atoms with Gasteiger partial charge in [0.05, 0.1) is 5.01 Å². The molecule has 0 atom stereocenters. The highest BCUT2D eigenvalue weighted by Gasteiger charge is 2.35. The zero-order valence-electron chi connectivity index (χ0n) is 9.50. The van der Waals surface area contributed by atoms with Gasteiger partial charge >= 0.3 is 0 Å². The van der Waals surface area contributed by atoms with Crippen LogP contribution in [0, 0.1) is 6.92 Å². The number of hydrogen-bond donors (Lipinski definition) is 1. The van der Waals surface area contributed by atoms with E-state index in [1.54, 1.807) is 5.38 Å². The van der Waals surface area contributed by atoms with E-state index in [9.17, 15) is 13.6 Å². The van der Waals surface area contributed by atoms with E-state index in [4.69, 9.17) is 0 Å². The molecule has 6 heteroatoms. The van der Waals surface area contributed by atoms with Crippen LogP contribution >= 0.6 is 11.3 Å². The van der Waals surface area contributed by atoms with Gasteiger partial charge in [-0.3, -0.25) is 4.79 Å². The summed E-state index contributed by atoms with van der Waals surface area (Å²) in [5.74, 6) is -2.82. The standard InChI is InChI=1S/C11H14F2N2OS/c1-7-14-9(6-17-7)10(16)15-8-2-4-11(12,13)5-3-8/h6,8H,2-5H2,1H3,(H,15,16). The molecule has 1 heterocycles. The second kappa shape index (κ2) is 4.68. The molecule has 1 aromatic rings. The van der Waals surface area contributed by atoms with Gasteiger partial charge in [-0.2, -0.15) is 0 Å². The predicted octanol–water partition coefficient (Wildman–Crippen LogP) is 2.76. The fourth-order valence-corrected chi connectivity index (χ4v) is 2.50. The van der Waals surface area contributed by atoms with Gasteiger partial charge in [0.15, 0.2) is 0 Å². The quantitative estimate of drug-likeness (QED) is 0.888. The largest absolute Gasteiger partial charge is 0.348 e. The maximum absolute atomic E-state index is 12.9. The fourth-order valence-electron chi connectivity index (χ4n) is 1.91. The lowest BCUT2D eigenvalue weighted by molar-refractivity contribution is -0.0399. The zero-order chi connectivity index (χ0) is 12.5. The van der Waals surface area contributed by atoms with E-state index in [1.165, 1.54) is 11.3 Å². The highest BCUT2D eigenvalue weighted by molar-refractivity contribution is 7.09. The first-order valence-corrected chi connectivity index (χ1v) is 6.45. The van der Waals surface area contributed by atoms with Crippen LogP contribution in [0.25, 0.3) is 0 Å². The molecule has 1 fully saturated rings. The SMILES string of the molecule is Cc1nc(C(=O)NC2CCC(F)(F)CC2)cs1. The van der Waals surface area contributed by atoms with E-state index >= 15 is 0 Å². The Bertz CT molecular complexity index is 409. The zero-order valence-corrected chi connectivity index (χ0v) is 10.3. The van der Waals surface area contributed by atoms with Gasteiger partial charge < -0.3 is 5.32 Å². The van der Waals surface area contributed by atoms with Crippen LogP contribution in [0.15, 0.2) is 5.38 Å². The number of amides is 1. The molecule has 0 bridgehead atoms. The summed E-state index contributed by atoms with van der Waals surface area (Å²) in [4.78, 5) is 15.8. The Kier molecular flexibility index (Phi) is 3.42. The second-order valence-corrected chi connectivity index (χ2v) is 5.42. The Labute approximate surface area is 102 Å². The first-order chi connectivity index (χ1) is 7.96. The van der Waals surface area contributed by atoms with Crippen molar-refractivity contribution in [3.8, 4) is 0 Å². The number of nitrogens with one attached hydrogen (secondary N) is 1. The van der Waals surface area contributed by atoms with E-state index in [0.29, 0.717) is 18.5 Å². The van der Waals surface area contributed by atoms with Crippen LogP contribution in [-0.4, -0.2) is 22.9 Å². The molecule has 0 aromatic carbocycles. The fraction of sp³-hybridized carbons (Fsp3) is 0.636. The van der Waals surface area contributed by atoms with Crippen molar-refractivity contribution in [1.82, 2.24) is 10.3 Å². The van der Waals surface area contributed by atoms with E-state index in [0.717, 1.165) is 5.01 Å². The van der Waals surface area contributed by atoms with E-state index in [1.807, 2.05) is 6.92 Å². The summed E-state index contributed by atoms with van der Waals surface area (Å²) in [6.07, 6.45) is 0.381. The molecule has 94 valence electrons. The summed E-state index contributed by atoms with van der Waals surface area (Å²) in [5.41, 5.74) is 0.379. The third-order valence-electron chi connectivity index (χ3n) is 2.90. The van der Waals surface area contributed by atoms with E-state index in [-0.39, 0.29) is 24.8 Å². The van der Waals surface area contributed by atoms with E-state index < -0.39 is 5.92 Å². The van der Waals surface area contributed by atoms with Crippen molar-refractivity contribution in [2.75, 3.05) is 0 Å². The molecule has 1 N–H and O–H groups in total. The molecular weight excluding hydrogens is 246 g/mol. The molecule has 1 aliphatic carbocycles. The van der Waals surface area contributed by atoms with Crippen molar-refractivity contribution >= 4 is 17.2 Å². The number of aryl methyl sites for hydroxylation is 1. The molecule has 1 amide bonds. The van der Waals surface area contributed by atoms with Crippen molar-refractivity contribution < 1.29 is 13.6 Å². The molecule has 0 spiro atoms. The van der Waals surface area contributed by atoms with E-state index in [2.05, 4.69) is 10.3 Å². The van der Waals surface area contributed by atoms with Crippen LogP contribution < -0.4 is 5.32 Å². The minimum absolute atomic E-state index is 0.145. The number of carbonyl (C=O) groups excluding carboxylic acids is 1. The summed E-state index contributed by atoms with van der Waals surface area (Å²) in [7, 11) is 0. The molecule has 17 heavy (non-hydrogen) atoms. The third kappa shape index (κ3) is 3.21. The Hall–Kier alpha value is -1.04. The number of thiazole rings is 1. The Balaban J connectivity index is 1.88. The van der Waals surface area contributed by atoms with Crippen molar-refractivity contribution in [2.45, 2.75) is 44.6 Å². The van der Waals surface area contributed by atoms with Crippen molar-refractivity contribution in [3.05, 3.63) is 16.1 Å². The van der Waals surface area contributed by atoms with Crippen LogP contribution in [0.1, 0.15) is 41.2 Å². The van der Waals surface area contributed by atoms with Gasteiger partial charge in [-0.15, -0.1) is 11.3 Å². The second-order valence-electron chi connectivity index (χ2n) is 4.36. The summed E-state index contributed by atoms with van der Waals surface area (Å²) >= 11 is 1.40. The van der Waals surface area contributed by atoms with Gasteiger partial charge in [0.1, 0.15) is 5.69 Å². The summed E-state index contributed by atoms with van der Waals surface area (Å²) in [6, 6.07) is -0.149. The number of hydrogen-bond acceptors (Lipinski definition) is 3. The van der Waals surface area contributed by atoms with Gasteiger partial charge in [0.25, 0.3) is 5.91 Å². The lowest BCUT2D eigenvalue weighted by Gasteiger charge is -2.28. The van der Waals surface area contributed by atoms with Crippen molar-refractivity contribution in [1.29, 1.82) is 0 Å². The first-order valence-electron chi connectivity index (χ1n) is 5.57. The monoisotopic (exact) mass is 260 g/mol. The molecule has 1 aromatic heterocycles. The van der Waals surface area contributed by atoms with Gasteiger partial charge in [0.2, 0.25) is 5.92 Å². The summed E-state index contributed by atoms with van der Waals surface area (Å²) < 4.78 is 25.8. The number of rotatable bonds is 2. The highest BCUT2D eigenvalue weighted by atomic mass is 32.1. The molecular formula is C11H14F2N2OS. The third-order valence-corrected chi connectivity index (χ3v) is 3.68. The Morgan fingerprint density at radius 2 is 2.18 bits per heavy atom. The van der Waals surface area contributed by atoms with Crippen molar-refractivity contribution in [3.63, 3.8) is 0 Å². The minimum Gasteiger partial charge on any atom is -0.348 e. The molecule has 1 aliphatic rings. The smallest absolute Gasteiger partial charge is 0.270 e. The maximum atomic E-state index is 12.9. The van der Waals surface area contributed by atoms with Gasteiger partial charge in [-0.25, -0.2) is 13.8 Å². The molecule has 0 unspecified atom stereocenters. The highest BCUT2D eigenvalue weighted by Crippen LogP contribution is 2.33. The average molecular weight is 260 g/mol. The van der Waals surface area contributed by atoms with Gasteiger partial charge in [-0.1, -0.05) is 0 Å². The van der Waals surface area contributed by atoms with Gasteiger partial charge in [0, 0.05) is 24.3 Å². The molecule has 2 rings (SSSR count). The van der Waals surface area contributed by atoms with Crippen LogP contribution in [-0.2, 0) is 0 Å². The molecule has 3 nitrogen and oxygen atoms in total. The number of alkyl halides is 2. The molecule has 0 saturated heterocycles. The minimum atomic E-state index is -2.56. The number of halogens is 2. The number of aromatic nitrogens is 1. The van der Waals surface area contributed by atoms with Gasteiger partial charge in [-0.05, 0) is 19.8 Å².